The highest BCUT2D eigenvalue weighted by Gasteiger charge is 2.17. The Bertz CT molecular complexity index is 1320. The second kappa shape index (κ2) is 9.96. The summed E-state index contributed by atoms with van der Waals surface area (Å²) >= 11 is 5.81. The van der Waals surface area contributed by atoms with Gasteiger partial charge in [-0.25, -0.2) is 0 Å². The smallest absolute Gasteiger partial charge is 0.253 e. The predicted octanol–water partition coefficient (Wildman–Crippen LogP) is 5.18. The molecule has 2 aromatic carbocycles. The average Bonchev–Trinajstić information content (AvgIpc) is 2.81. The standard InChI is InChI=1S/C27H28N4OS/c1-18-12-23-14-24(26(32)30-25(23)13-19(18)2)17-31(16-21-8-7-11-28-15-21)27(33)29-20(3)22-9-5-4-6-10-22/h4-15,20H,16-17H2,1-3H3,(H,29,33)(H,30,32)/t20-/m1/s1. The minimum atomic E-state index is -0.0964. The van der Waals surface area contributed by atoms with Crippen molar-refractivity contribution in [2.75, 3.05) is 0 Å². The van der Waals surface area contributed by atoms with E-state index >= 15 is 0 Å². The monoisotopic (exact) mass is 456 g/mol. The first-order valence-corrected chi connectivity index (χ1v) is 11.4. The highest BCUT2D eigenvalue weighted by atomic mass is 32.1. The molecule has 2 N–H and O–H groups in total. The molecule has 5 nitrogen and oxygen atoms in total. The van der Waals surface area contributed by atoms with Crippen molar-refractivity contribution in [3.8, 4) is 0 Å². The van der Waals surface area contributed by atoms with Crippen LogP contribution in [0.1, 0.15) is 40.8 Å². The summed E-state index contributed by atoms with van der Waals surface area (Å²) in [5.41, 5.74) is 5.95. The van der Waals surface area contributed by atoms with E-state index in [1.54, 1.807) is 6.20 Å². The van der Waals surface area contributed by atoms with Gasteiger partial charge in [-0.05, 0) is 84.9 Å². The van der Waals surface area contributed by atoms with Gasteiger partial charge in [0.1, 0.15) is 0 Å². The second-order valence-electron chi connectivity index (χ2n) is 8.45. The molecule has 168 valence electrons. The van der Waals surface area contributed by atoms with Crippen molar-refractivity contribution in [1.29, 1.82) is 0 Å². The first kappa shape index (κ1) is 22.7. The van der Waals surface area contributed by atoms with E-state index in [9.17, 15) is 4.79 Å². The Balaban J connectivity index is 1.63. The van der Waals surface area contributed by atoms with Gasteiger partial charge in [0.25, 0.3) is 5.56 Å². The quantitative estimate of drug-likeness (QED) is 0.392. The SMILES string of the molecule is Cc1cc2cc(CN(Cc3cccnc3)C(=S)N[C@H](C)c3ccccc3)c(=O)[nH]c2cc1C. The number of hydrogen-bond donors (Lipinski definition) is 2. The first-order valence-electron chi connectivity index (χ1n) is 11.0. The molecular formula is C27H28N4OS. The minimum absolute atomic E-state index is 0.0376. The number of aromatic nitrogens is 2. The number of benzene rings is 2. The van der Waals surface area contributed by atoms with E-state index in [2.05, 4.69) is 54.3 Å². The van der Waals surface area contributed by atoms with E-state index in [1.165, 1.54) is 5.56 Å². The van der Waals surface area contributed by atoms with Crippen LogP contribution < -0.4 is 10.9 Å². The molecule has 0 radical (unpaired) electrons. The van der Waals surface area contributed by atoms with Gasteiger partial charge in [0.05, 0.1) is 12.6 Å². The molecule has 0 bridgehead atoms. The van der Waals surface area contributed by atoms with Gasteiger partial charge in [0, 0.05) is 30.0 Å². The lowest BCUT2D eigenvalue weighted by atomic mass is 10.0. The second-order valence-corrected chi connectivity index (χ2v) is 8.83. The third-order valence-electron chi connectivity index (χ3n) is 5.92. The zero-order valence-electron chi connectivity index (χ0n) is 19.1. The summed E-state index contributed by atoms with van der Waals surface area (Å²) < 4.78 is 0. The largest absolute Gasteiger partial charge is 0.356 e. The molecule has 0 aliphatic heterocycles. The average molecular weight is 457 g/mol. The van der Waals surface area contributed by atoms with Crippen LogP contribution in [0.4, 0.5) is 0 Å². The summed E-state index contributed by atoms with van der Waals surface area (Å²) in [7, 11) is 0. The molecule has 0 saturated carbocycles. The van der Waals surface area contributed by atoms with Crippen LogP contribution in [-0.4, -0.2) is 20.0 Å². The van der Waals surface area contributed by atoms with Crippen LogP contribution in [0.5, 0.6) is 0 Å². The van der Waals surface area contributed by atoms with Gasteiger partial charge >= 0.3 is 0 Å². The molecule has 0 aliphatic carbocycles. The molecule has 0 aliphatic rings. The van der Waals surface area contributed by atoms with Gasteiger partial charge in [-0.3, -0.25) is 9.78 Å². The van der Waals surface area contributed by atoms with Crippen molar-refractivity contribution in [3.05, 3.63) is 111 Å². The number of aryl methyl sites for hydroxylation is 2. The van der Waals surface area contributed by atoms with Crippen molar-refractivity contribution < 1.29 is 0 Å². The van der Waals surface area contributed by atoms with Gasteiger partial charge in [-0.1, -0.05) is 36.4 Å². The summed E-state index contributed by atoms with van der Waals surface area (Å²) in [4.78, 5) is 22.2. The first-order chi connectivity index (χ1) is 15.9. The topological polar surface area (TPSA) is 61.0 Å². The Hall–Kier alpha value is -3.51. The van der Waals surface area contributed by atoms with Crippen molar-refractivity contribution in [2.24, 2.45) is 0 Å². The lowest BCUT2D eigenvalue weighted by Crippen LogP contribution is -2.41. The van der Waals surface area contributed by atoms with E-state index in [4.69, 9.17) is 12.2 Å². The number of H-pyrrole nitrogens is 1. The predicted molar refractivity (Wildman–Crippen MR) is 138 cm³/mol. The van der Waals surface area contributed by atoms with Crippen LogP contribution >= 0.6 is 12.2 Å². The zero-order chi connectivity index (χ0) is 23.4. The number of nitrogens with zero attached hydrogens (tertiary/aromatic N) is 2. The number of rotatable bonds is 6. The highest BCUT2D eigenvalue weighted by molar-refractivity contribution is 7.80. The number of fused-ring (bicyclic) bond motifs is 1. The van der Waals surface area contributed by atoms with Crippen molar-refractivity contribution in [2.45, 2.75) is 39.9 Å². The van der Waals surface area contributed by atoms with Gasteiger partial charge in [-0.15, -0.1) is 0 Å². The Morgan fingerprint density at radius 1 is 1.06 bits per heavy atom. The van der Waals surface area contributed by atoms with Gasteiger partial charge in [0.15, 0.2) is 5.11 Å². The number of nitrogens with one attached hydrogen (secondary N) is 2. The van der Waals surface area contributed by atoms with Gasteiger partial charge < -0.3 is 15.2 Å². The molecule has 0 fully saturated rings. The minimum Gasteiger partial charge on any atom is -0.356 e. The Morgan fingerprint density at radius 3 is 2.55 bits per heavy atom. The highest BCUT2D eigenvalue weighted by Crippen LogP contribution is 2.19. The summed E-state index contributed by atoms with van der Waals surface area (Å²) in [6, 6.07) is 20.2. The molecular weight excluding hydrogens is 428 g/mol. The Kier molecular flexibility index (Phi) is 6.84. The molecule has 0 amide bonds. The number of aromatic amines is 1. The molecule has 4 aromatic rings. The molecule has 4 rings (SSSR count). The lowest BCUT2D eigenvalue weighted by Gasteiger charge is -2.28. The maximum absolute atomic E-state index is 12.9. The third-order valence-corrected chi connectivity index (χ3v) is 6.30. The Morgan fingerprint density at radius 2 is 1.82 bits per heavy atom. The third kappa shape index (κ3) is 5.46. The van der Waals surface area contributed by atoms with Gasteiger partial charge in [-0.2, -0.15) is 0 Å². The summed E-state index contributed by atoms with van der Waals surface area (Å²) in [6.07, 6.45) is 3.58. The molecule has 2 aromatic heterocycles. The molecule has 6 heteroatoms. The van der Waals surface area contributed by atoms with Crippen molar-refractivity contribution in [3.63, 3.8) is 0 Å². The zero-order valence-corrected chi connectivity index (χ0v) is 19.9. The van der Waals surface area contributed by atoms with Crippen molar-refractivity contribution >= 4 is 28.2 Å². The summed E-state index contributed by atoms with van der Waals surface area (Å²) in [5.74, 6) is 0. The van der Waals surface area contributed by atoms with E-state index in [0.717, 1.165) is 27.6 Å². The summed E-state index contributed by atoms with van der Waals surface area (Å²) in [5, 5.41) is 5.05. The van der Waals surface area contributed by atoms with E-state index < -0.39 is 0 Å². The maximum Gasteiger partial charge on any atom is 0.253 e. The molecule has 2 heterocycles. The van der Waals surface area contributed by atoms with Gasteiger partial charge in [0.2, 0.25) is 0 Å². The molecule has 0 spiro atoms. The summed E-state index contributed by atoms with van der Waals surface area (Å²) in [6.45, 7) is 7.15. The number of hydrogen-bond acceptors (Lipinski definition) is 3. The lowest BCUT2D eigenvalue weighted by molar-refractivity contribution is 0.391. The number of pyridine rings is 2. The molecule has 33 heavy (non-hydrogen) atoms. The molecule has 1 atom stereocenters. The van der Waals surface area contributed by atoms with Crippen LogP contribution in [0, 0.1) is 13.8 Å². The fraction of sp³-hybridized carbons (Fsp3) is 0.222. The Labute approximate surface area is 199 Å². The number of thiocarbonyl (C=S) groups is 1. The van der Waals surface area contributed by atoms with Crippen LogP contribution in [0.25, 0.3) is 10.9 Å². The maximum atomic E-state index is 12.9. The fourth-order valence-corrected chi connectivity index (χ4v) is 4.16. The fourth-order valence-electron chi connectivity index (χ4n) is 3.86. The molecule has 0 saturated heterocycles. The normalized spacial score (nSPS) is 11.8. The van der Waals surface area contributed by atoms with E-state index in [-0.39, 0.29) is 11.6 Å². The molecule has 0 unspecified atom stereocenters. The van der Waals surface area contributed by atoms with Crippen LogP contribution in [0.2, 0.25) is 0 Å². The van der Waals surface area contributed by atoms with E-state index in [0.29, 0.717) is 23.8 Å². The van der Waals surface area contributed by atoms with Crippen LogP contribution in [-0.2, 0) is 13.1 Å². The van der Waals surface area contributed by atoms with Crippen LogP contribution in [0.15, 0.2) is 77.9 Å². The van der Waals surface area contributed by atoms with Crippen LogP contribution in [0.3, 0.4) is 0 Å². The van der Waals surface area contributed by atoms with E-state index in [1.807, 2.05) is 53.6 Å². The van der Waals surface area contributed by atoms with Crippen molar-refractivity contribution in [1.82, 2.24) is 20.2 Å².